The molecule has 0 bridgehead atoms. The van der Waals surface area contributed by atoms with Crippen LogP contribution in [0.4, 0.5) is 5.82 Å². The van der Waals surface area contributed by atoms with E-state index in [1.807, 2.05) is 62.7 Å². The molecule has 9 nitrogen and oxygen atoms in total. The van der Waals surface area contributed by atoms with Gasteiger partial charge in [-0.3, -0.25) is 9.59 Å². The Labute approximate surface area is 181 Å². The van der Waals surface area contributed by atoms with Gasteiger partial charge < -0.3 is 16.4 Å². The highest BCUT2D eigenvalue weighted by Gasteiger charge is 2.24. The molecule has 2 aromatic heterocycles. The number of nitrogens with one attached hydrogen (secondary N) is 2. The van der Waals surface area contributed by atoms with Gasteiger partial charge in [0, 0.05) is 19.4 Å². The molecule has 164 valence electrons. The molecular formula is C22H29N7O2. The molecule has 0 radical (unpaired) electrons. The third-order valence-corrected chi connectivity index (χ3v) is 4.76. The van der Waals surface area contributed by atoms with Crippen molar-refractivity contribution in [1.29, 1.82) is 0 Å². The zero-order chi connectivity index (χ0) is 22.6. The summed E-state index contributed by atoms with van der Waals surface area (Å²) in [6.07, 6.45) is 2.24. The zero-order valence-corrected chi connectivity index (χ0v) is 18.3. The number of aromatic nitrogens is 4. The first-order chi connectivity index (χ1) is 14.6. The van der Waals surface area contributed by atoms with Crippen LogP contribution in [0.15, 0.2) is 36.5 Å². The molecule has 3 rings (SSSR count). The third-order valence-electron chi connectivity index (χ3n) is 4.76. The van der Waals surface area contributed by atoms with Crippen molar-refractivity contribution in [3.63, 3.8) is 0 Å². The molecule has 0 saturated carbocycles. The molecule has 1 atom stereocenters. The monoisotopic (exact) mass is 423 g/mol. The van der Waals surface area contributed by atoms with Crippen LogP contribution in [0.25, 0.3) is 11.0 Å². The number of fused-ring (bicyclic) bond motifs is 1. The number of hydrogen-bond acceptors (Lipinski definition) is 6. The Bertz CT molecular complexity index is 1070. The minimum atomic E-state index is -0.606. The second-order valence-corrected chi connectivity index (χ2v) is 8.48. The van der Waals surface area contributed by atoms with E-state index in [1.54, 1.807) is 6.20 Å². The molecule has 3 aromatic rings. The van der Waals surface area contributed by atoms with E-state index < -0.39 is 11.9 Å². The minimum absolute atomic E-state index is 0.0824. The summed E-state index contributed by atoms with van der Waals surface area (Å²) in [5.74, 6) is 0.422. The van der Waals surface area contributed by atoms with Gasteiger partial charge in [-0.1, -0.05) is 30.3 Å². The molecule has 9 heteroatoms. The van der Waals surface area contributed by atoms with Crippen LogP contribution < -0.4 is 16.4 Å². The standard InChI is InChI=1S/C22H29N7O2/c1-14-26-19(16-13-25-29(20(16)27-14)22(2,3)4)28-17(12-15-8-6-5-7-9-15)21(31)24-11-10-18(23)30/h5-9,13,17H,10-12H2,1-4H3,(H2,23,30)(H,24,31)(H,26,27,28). The summed E-state index contributed by atoms with van der Waals surface area (Å²) in [6, 6.07) is 9.10. The molecule has 0 spiro atoms. The molecule has 1 unspecified atom stereocenters. The third kappa shape index (κ3) is 5.56. The predicted molar refractivity (Wildman–Crippen MR) is 119 cm³/mol. The molecule has 0 aliphatic carbocycles. The average molecular weight is 424 g/mol. The smallest absolute Gasteiger partial charge is 0.242 e. The molecule has 4 N–H and O–H groups in total. The van der Waals surface area contributed by atoms with Gasteiger partial charge in [0.25, 0.3) is 0 Å². The maximum atomic E-state index is 12.9. The fraction of sp³-hybridized carbons (Fsp3) is 0.409. The van der Waals surface area contributed by atoms with Crippen molar-refractivity contribution in [3.8, 4) is 0 Å². The molecule has 0 saturated heterocycles. The molecule has 0 fully saturated rings. The van der Waals surface area contributed by atoms with Crippen molar-refractivity contribution in [2.75, 3.05) is 11.9 Å². The van der Waals surface area contributed by atoms with Gasteiger partial charge in [-0.15, -0.1) is 0 Å². The van der Waals surface area contributed by atoms with Gasteiger partial charge in [-0.05, 0) is 33.3 Å². The largest absolute Gasteiger partial charge is 0.370 e. The van der Waals surface area contributed by atoms with Crippen molar-refractivity contribution in [1.82, 2.24) is 25.1 Å². The van der Waals surface area contributed by atoms with Crippen LogP contribution in [-0.2, 0) is 21.5 Å². The highest BCUT2D eigenvalue weighted by atomic mass is 16.2. The van der Waals surface area contributed by atoms with Crippen molar-refractivity contribution in [2.45, 2.75) is 52.1 Å². The fourth-order valence-corrected chi connectivity index (χ4v) is 3.27. The van der Waals surface area contributed by atoms with Crippen LogP contribution in [0, 0.1) is 6.92 Å². The number of rotatable bonds is 8. The summed E-state index contributed by atoms with van der Waals surface area (Å²) in [6.45, 7) is 8.14. The van der Waals surface area contributed by atoms with Crippen LogP contribution in [-0.4, -0.2) is 44.1 Å². The number of anilines is 1. The van der Waals surface area contributed by atoms with E-state index in [-0.39, 0.29) is 24.4 Å². The summed E-state index contributed by atoms with van der Waals surface area (Å²) >= 11 is 0. The number of carbonyl (C=O) groups is 2. The number of carbonyl (C=O) groups excluding carboxylic acids is 2. The number of primary amides is 1. The number of nitrogens with zero attached hydrogens (tertiary/aromatic N) is 4. The lowest BCUT2D eigenvalue weighted by Crippen LogP contribution is -2.42. The van der Waals surface area contributed by atoms with Gasteiger partial charge in [-0.2, -0.15) is 5.10 Å². The van der Waals surface area contributed by atoms with Crippen molar-refractivity contribution < 1.29 is 9.59 Å². The van der Waals surface area contributed by atoms with Crippen LogP contribution in [0.3, 0.4) is 0 Å². The molecule has 1 aromatic carbocycles. The van der Waals surface area contributed by atoms with Crippen molar-refractivity contribution >= 4 is 28.7 Å². The van der Waals surface area contributed by atoms with Gasteiger partial charge in [0.2, 0.25) is 11.8 Å². The normalized spacial score (nSPS) is 12.5. The van der Waals surface area contributed by atoms with E-state index in [0.717, 1.165) is 10.9 Å². The lowest BCUT2D eigenvalue weighted by atomic mass is 10.0. The molecule has 2 amide bonds. The summed E-state index contributed by atoms with van der Waals surface area (Å²) < 4.78 is 1.85. The topological polar surface area (TPSA) is 128 Å². The number of amides is 2. The lowest BCUT2D eigenvalue weighted by Gasteiger charge is -2.21. The van der Waals surface area contributed by atoms with Crippen LogP contribution in [0.5, 0.6) is 0 Å². The van der Waals surface area contributed by atoms with E-state index in [4.69, 9.17) is 5.73 Å². The first-order valence-electron chi connectivity index (χ1n) is 10.2. The Kier molecular flexibility index (Phi) is 6.53. The van der Waals surface area contributed by atoms with Gasteiger partial charge in [-0.25, -0.2) is 14.6 Å². The van der Waals surface area contributed by atoms with Crippen LogP contribution >= 0.6 is 0 Å². The Morgan fingerprint density at radius 3 is 2.52 bits per heavy atom. The summed E-state index contributed by atoms with van der Waals surface area (Å²) in [5, 5.41) is 11.3. The summed E-state index contributed by atoms with van der Waals surface area (Å²) in [4.78, 5) is 33.1. The maximum Gasteiger partial charge on any atom is 0.242 e. The molecule has 2 heterocycles. The number of benzene rings is 1. The number of nitrogens with two attached hydrogens (primary N) is 1. The van der Waals surface area contributed by atoms with Gasteiger partial charge in [0.1, 0.15) is 17.7 Å². The predicted octanol–water partition coefficient (Wildman–Crippen LogP) is 1.90. The zero-order valence-electron chi connectivity index (χ0n) is 18.3. The summed E-state index contributed by atoms with van der Waals surface area (Å²) in [7, 11) is 0. The van der Waals surface area contributed by atoms with Crippen molar-refractivity contribution in [3.05, 3.63) is 47.9 Å². The van der Waals surface area contributed by atoms with Gasteiger partial charge >= 0.3 is 0 Å². The quantitative estimate of drug-likeness (QED) is 0.508. The molecule has 31 heavy (non-hydrogen) atoms. The summed E-state index contributed by atoms with van der Waals surface area (Å²) in [5.41, 5.74) is 6.63. The minimum Gasteiger partial charge on any atom is -0.370 e. The van der Waals surface area contributed by atoms with Crippen molar-refractivity contribution in [2.24, 2.45) is 5.73 Å². The Balaban J connectivity index is 1.93. The highest BCUT2D eigenvalue weighted by molar-refractivity contribution is 5.91. The van der Waals surface area contributed by atoms with E-state index in [9.17, 15) is 9.59 Å². The lowest BCUT2D eigenvalue weighted by molar-refractivity contribution is -0.122. The second kappa shape index (κ2) is 9.11. The van der Waals surface area contributed by atoms with Gasteiger partial charge in [0.05, 0.1) is 17.1 Å². The van der Waals surface area contributed by atoms with E-state index in [1.165, 1.54) is 0 Å². The van der Waals surface area contributed by atoms with E-state index >= 15 is 0 Å². The maximum absolute atomic E-state index is 12.9. The first kappa shape index (κ1) is 22.2. The highest BCUT2D eigenvalue weighted by Crippen LogP contribution is 2.25. The SMILES string of the molecule is Cc1nc(NC(Cc2ccccc2)C(=O)NCCC(N)=O)c2cnn(C(C)(C)C)c2n1. The second-order valence-electron chi connectivity index (χ2n) is 8.48. The molecular weight excluding hydrogens is 394 g/mol. The van der Waals surface area contributed by atoms with Gasteiger partial charge in [0.15, 0.2) is 5.65 Å². The Morgan fingerprint density at radius 2 is 1.87 bits per heavy atom. The first-order valence-corrected chi connectivity index (χ1v) is 10.2. The van der Waals surface area contributed by atoms with Crippen LogP contribution in [0.1, 0.15) is 38.6 Å². The molecule has 0 aliphatic rings. The number of hydrogen-bond donors (Lipinski definition) is 3. The fourth-order valence-electron chi connectivity index (χ4n) is 3.27. The van der Waals surface area contributed by atoms with Crippen LogP contribution in [0.2, 0.25) is 0 Å². The molecule has 0 aliphatic heterocycles. The Hall–Kier alpha value is -3.49. The Morgan fingerprint density at radius 1 is 1.16 bits per heavy atom. The number of aryl methyl sites for hydroxylation is 1. The van der Waals surface area contributed by atoms with E-state index in [2.05, 4.69) is 25.7 Å². The van der Waals surface area contributed by atoms with E-state index in [0.29, 0.717) is 23.7 Å². The average Bonchev–Trinajstić information content (AvgIpc) is 3.12.